The minimum Gasteiger partial charge on any atom is -0.305 e. The summed E-state index contributed by atoms with van der Waals surface area (Å²) in [5.41, 5.74) is 3.67. The molecule has 1 aromatic carbocycles. The first-order chi connectivity index (χ1) is 9.54. The Morgan fingerprint density at radius 3 is 2.60 bits per heavy atom. The van der Waals surface area contributed by atoms with E-state index in [1.807, 2.05) is 29.8 Å². The number of hydrogen-bond acceptors (Lipinski definition) is 3. The van der Waals surface area contributed by atoms with Crippen LogP contribution in [0.5, 0.6) is 0 Å². The van der Waals surface area contributed by atoms with Gasteiger partial charge in [-0.05, 0) is 46.6 Å². The molecule has 0 fully saturated rings. The molecular weight excluding hydrogens is 322 g/mol. The van der Waals surface area contributed by atoms with Gasteiger partial charge in [0.05, 0.1) is 10.6 Å². The van der Waals surface area contributed by atoms with Crippen LogP contribution in [0, 0.1) is 17.0 Å². The summed E-state index contributed by atoms with van der Waals surface area (Å²) in [6.45, 7) is 1.99. The molecule has 5 nitrogen and oxygen atoms in total. The number of hydrogen-bond donors (Lipinski definition) is 0. The third kappa shape index (κ3) is 2.18. The SMILES string of the molecule is Cc1cc(Br)cn2cc(-c3ccc([N+](=O)[O-])cc3)nc12. The summed E-state index contributed by atoms with van der Waals surface area (Å²) >= 11 is 3.45. The number of aromatic nitrogens is 2. The number of rotatable bonds is 2. The minimum atomic E-state index is -0.408. The maximum atomic E-state index is 10.7. The number of non-ortho nitro benzene ring substituents is 1. The zero-order chi connectivity index (χ0) is 14.3. The van der Waals surface area contributed by atoms with E-state index in [-0.39, 0.29) is 5.69 Å². The molecule has 6 heteroatoms. The maximum absolute atomic E-state index is 10.7. The van der Waals surface area contributed by atoms with Crippen LogP contribution in [0.25, 0.3) is 16.9 Å². The molecule has 0 N–H and O–H groups in total. The number of pyridine rings is 1. The molecule has 0 spiro atoms. The molecule has 2 aromatic heterocycles. The van der Waals surface area contributed by atoms with Crippen LogP contribution in [0.3, 0.4) is 0 Å². The molecule has 0 unspecified atom stereocenters. The standard InChI is InChI=1S/C14H10BrN3O2/c1-9-6-11(15)7-17-8-13(16-14(9)17)10-2-4-12(5-3-10)18(19)20/h2-8H,1H3. The van der Waals surface area contributed by atoms with Crippen LogP contribution in [0.15, 0.2) is 47.2 Å². The van der Waals surface area contributed by atoms with Crippen LogP contribution in [0.2, 0.25) is 0 Å². The van der Waals surface area contributed by atoms with Gasteiger partial charge in [-0.25, -0.2) is 4.98 Å². The highest BCUT2D eigenvalue weighted by Gasteiger charge is 2.09. The Kier molecular flexibility index (Phi) is 3.02. The lowest BCUT2D eigenvalue weighted by atomic mass is 10.1. The van der Waals surface area contributed by atoms with Crippen molar-refractivity contribution in [2.24, 2.45) is 0 Å². The van der Waals surface area contributed by atoms with Crippen molar-refractivity contribution in [1.29, 1.82) is 0 Å². The maximum Gasteiger partial charge on any atom is 0.269 e. The number of nitrogens with zero attached hydrogens (tertiary/aromatic N) is 3. The Morgan fingerprint density at radius 1 is 1.25 bits per heavy atom. The molecule has 2 heterocycles. The van der Waals surface area contributed by atoms with E-state index in [0.717, 1.165) is 26.9 Å². The molecule has 0 saturated heterocycles. The summed E-state index contributed by atoms with van der Waals surface area (Å²) in [6, 6.07) is 8.40. The molecule has 0 aliphatic heterocycles. The van der Waals surface area contributed by atoms with Gasteiger partial charge in [0.15, 0.2) is 0 Å². The van der Waals surface area contributed by atoms with E-state index in [9.17, 15) is 10.1 Å². The van der Waals surface area contributed by atoms with Gasteiger partial charge in [0.2, 0.25) is 0 Å². The summed E-state index contributed by atoms with van der Waals surface area (Å²) < 4.78 is 2.92. The highest BCUT2D eigenvalue weighted by molar-refractivity contribution is 9.10. The molecule has 0 bridgehead atoms. The molecule has 0 aliphatic carbocycles. The van der Waals surface area contributed by atoms with Crippen molar-refractivity contribution in [2.75, 3.05) is 0 Å². The number of imidazole rings is 1. The van der Waals surface area contributed by atoms with Gasteiger partial charge in [0.1, 0.15) is 5.65 Å². The third-order valence-corrected chi connectivity index (χ3v) is 3.51. The van der Waals surface area contributed by atoms with Crippen molar-refractivity contribution in [3.8, 4) is 11.3 Å². The Bertz CT molecular complexity index is 809. The zero-order valence-corrected chi connectivity index (χ0v) is 12.2. The number of nitro groups is 1. The molecule has 3 rings (SSSR count). The Morgan fingerprint density at radius 2 is 1.95 bits per heavy atom. The van der Waals surface area contributed by atoms with Gasteiger partial charge in [-0.2, -0.15) is 0 Å². The van der Waals surface area contributed by atoms with Crippen molar-refractivity contribution in [3.05, 3.63) is 62.9 Å². The number of aryl methyl sites for hydroxylation is 1. The highest BCUT2D eigenvalue weighted by atomic mass is 79.9. The monoisotopic (exact) mass is 331 g/mol. The van der Waals surface area contributed by atoms with Gasteiger partial charge >= 0.3 is 0 Å². The smallest absolute Gasteiger partial charge is 0.269 e. The van der Waals surface area contributed by atoms with Crippen molar-refractivity contribution in [2.45, 2.75) is 6.92 Å². The lowest BCUT2D eigenvalue weighted by Gasteiger charge is -1.97. The largest absolute Gasteiger partial charge is 0.305 e. The van der Waals surface area contributed by atoms with E-state index >= 15 is 0 Å². The molecule has 0 amide bonds. The van der Waals surface area contributed by atoms with Crippen LogP contribution >= 0.6 is 15.9 Å². The number of benzene rings is 1. The summed E-state index contributed by atoms with van der Waals surface area (Å²) in [5.74, 6) is 0. The fourth-order valence-corrected chi connectivity index (χ4v) is 2.68. The molecule has 3 aromatic rings. The Labute approximate surface area is 123 Å². The molecule has 20 heavy (non-hydrogen) atoms. The zero-order valence-electron chi connectivity index (χ0n) is 10.6. The molecule has 100 valence electrons. The first-order valence-electron chi connectivity index (χ1n) is 5.94. The first-order valence-corrected chi connectivity index (χ1v) is 6.73. The normalized spacial score (nSPS) is 10.9. The minimum absolute atomic E-state index is 0.0800. The summed E-state index contributed by atoms with van der Waals surface area (Å²) in [6.07, 6.45) is 3.85. The fourth-order valence-electron chi connectivity index (χ4n) is 2.12. The van der Waals surface area contributed by atoms with Gasteiger partial charge in [0.25, 0.3) is 5.69 Å². The predicted octanol–water partition coefficient (Wildman–Crippen LogP) is 3.98. The molecule has 0 radical (unpaired) electrons. The molecule has 0 saturated carbocycles. The average Bonchev–Trinajstić information content (AvgIpc) is 2.83. The summed E-state index contributed by atoms with van der Waals surface area (Å²) in [5, 5.41) is 10.7. The average molecular weight is 332 g/mol. The second-order valence-electron chi connectivity index (χ2n) is 4.50. The lowest BCUT2D eigenvalue weighted by Crippen LogP contribution is -1.87. The van der Waals surface area contributed by atoms with Crippen molar-refractivity contribution in [1.82, 2.24) is 9.38 Å². The fraction of sp³-hybridized carbons (Fsp3) is 0.0714. The third-order valence-electron chi connectivity index (χ3n) is 3.08. The van der Waals surface area contributed by atoms with E-state index < -0.39 is 4.92 Å². The molecule has 0 aliphatic rings. The van der Waals surface area contributed by atoms with Gasteiger partial charge in [-0.3, -0.25) is 10.1 Å². The van der Waals surface area contributed by atoms with Crippen molar-refractivity contribution in [3.63, 3.8) is 0 Å². The molecule has 0 atom stereocenters. The van der Waals surface area contributed by atoms with Crippen molar-refractivity contribution < 1.29 is 4.92 Å². The van der Waals surface area contributed by atoms with E-state index in [0.29, 0.717) is 0 Å². The lowest BCUT2D eigenvalue weighted by molar-refractivity contribution is -0.384. The van der Waals surface area contributed by atoms with Crippen LogP contribution < -0.4 is 0 Å². The van der Waals surface area contributed by atoms with Crippen LogP contribution in [0.4, 0.5) is 5.69 Å². The van der Waals surface area contributed by atoms with E-state index in [2.05, 4.69) is 20.9 Å². The van der Waals surface area contributed by atoms with E-state index in [1.54, 1.807) is 12.1 Å². The number of fused-ring (bicyclic) bond motifs is 1. The second kappa shape index (κ2) is 4.72. The number of nitro benzene ring substituents is 1. The highest BCUT2D eigenvalue weighted by Crippen LogP contribution is 2.24. The van der Waals surface area contributed by atoms with Gasteiger partial charge in [0, 0.05) is 34.6 Å². The topological polar surface area (TPSA) is 60.4 Å². The quantitative estimate of drug-likeness (QED) is 0.527. The van der Waals surface area contributed by atoms with Crippen LogP contribution in [-0.2, 0) is 0 Å². The summed E-state index contributed by atoms with van der Waals surface area (Å²) in [7, 11) is 0. The van der Waals surface area contributed by atoms with Gasteiger partial charge in [-0.15, -0.1) is 0 Å². The van der Waals surface area contributed by atoms with E-state index in [1.165, 1.54) is 12.1 Å². The van der Waals surface area contributed by atoms with Crippen LogP contribution in [-0.4, -0.2) is 14.3 Å². The van der Waals surface area contributed by atoms with E-state index in [4.69, 9.17) is 0 Å². The Balaban J connectivity index is 2.10. The van der Waals surface area contributed by atoms with Gasteiger partial charge in [-0.1, -0.05) is 0 Å². The number of halogens is 1. The summed E-state index contributed by atoms with van der Waals surface area (Å²) in [4.78, 5) is 14.8. The predicted molar refractivity (Wildman–Crippen MR) is 79.7 cm³/mol. The first kappa shape index (κ1) is 12.8. The van der Waals surface area contributed by atoms with Crippen LogP contribution in [0.1, 0.15) is 5.56 Å². The van der Waals surface area contributed by atoms with Crippen molar-refractivity contribution >= 4 is 27.3 Å². The molecular formula is C14H10BrN3O2. The van der Waals surface area contributed by atoms with Gasteiger partial charge < -0.3 is 4.40 Å². The Hall–Kier alpha value is -2.21. The second-order valence-corrected chi connectivity index (χ2v) is 5.42.